The number of nitrogens with zero attached hydrogens (tertiary/aromatic N) is 5. The number of allylic oxidation sites excluding steroid dienone is 1. The summed E-state index contributed by atoms with van der Waals surface area (Å²) < 4.78 is 10.5. The van der Waals surface area contributed by atoms with E-state index in [1.165, 1.54) is 51.0 Å². The molecule has 3 fully saturated rings. The summed E-state index contributed by atoms with van der Waals surface area (Å²) in [4.78, 5) is 58.0. The van der Waals surface area contributed by atoms with Gasteiger partial charge in [-0.3, -0.25) is 24.4 Å². The van der Waals surface area contributed by atoms with Crippen LogP contribution in [0.5, 0.6) is 0 Å². The fourth-order valence-electron chi connectivity index (χ4n) is 8.30. The molecule has 0 spiro atoms. The SMILES string of the molecule is COC(=O)C1=C(CCc2nccs2)N=CC(C(=O)OC)C1C(C(=O)N1CCN(C23CCCC(CC2)N3C)CC1)c1c(Cl)cccc1Cl. The van der Waals surface area contributed by atoms with Gasteiger partial charge in [0.05, 0.1) is 42.1 Å². The summed E-state index contributed by atoms with van der Waals surface area (Å²) in [5.41, 5.74) is 0.974. The van der Waals surface area contributed by atoms with Gasteiger partial charge in [-0.25, -0.2) is 9.78 Å². The standard InChI is InChI=1S/C34H41Cl2N5O5S/c1-39-21-6-5-12-34(39,13-11-21)41-17-15-40(16-18-41)31(42)30(28-23(35)7-4-8-24(28)36)27-22(32(43)45-2)20-38-25(29(27)33(44)46-3)9-10-26-37-14-19-47-26/h4,7-8,14,19-22,27,30H,5-6,9-13,15-18H2,1-3H3. The Morgan fingerprint density at radius 2 is 1.79 bits per heavy atom. The molecule has 0 radical (unpaired) electrons. The molecule has 2 bridgehead atoms. The first-order chi connectivity index (χ1) is 22.7. The molecule has 5 atom stereocenters. The van der Waals surface area contributed by atoms with Crippen LogP contribution in [-0.4, -0.2) is 103 Å². The molecule has 5 heterocycles. The number of aromatic nitrogens is 1. The predicted octanol–water partition coefficient (Wildman–Crippen LogP) is 5.20. The van der Waals surface area contributed by atoms with Crippen LogP contribution in [0.2, 0.25) is 10.0 Å². The second-order valence-corrected chi connectivity index (χ2v) is 14.5. The van der Waals surface area contributed by atoms with Crippen LogP contribution in [0.15, 0.2) is 46.0 Å². The number of aryl methyl sites for hydroxylation is 1. The highest BCUT2D eigenvalue weighted by Crippen LogP contribution is 2.48. The molecule has 6 rings (SSSR count). The number of hydrogen-bond donors (Lipinski definition) is 0. The van der Waals surface area contributed by atoms with Gasteiger partial charge in [0.25, 0.3) is 0 Å². The Bertz CT molecular complexity index is 1540. The number of thiazole rings is 1. The largest absolute Gasteiger partial charge is 0.469 e. The van der Waals surface area contributed by atoms with Gasteiger partial charge < -0.3 is 14.4 Å². The zero-order valence-corrected chi connectivity index (χ0v) is 29.3. The van der Waals surface area contributed by atoms with Crippen molar-refractivity contribution in [1.29, 1.82) is 0 Å². The number of piperazine rings is 1. The van der Waals surface area contributed by atoms with Gasteiger partial charge in [0.1, 0.15) is 5.92 Å². The van der Waals surface area contributed by atoms with Crippen LogP contribution in [-0.2, 0) is 30.3 Å². The van der Waals surface area contributed by atoms with Crippen molar-refractivity contribution in [3.63, 3.8) is 0 Å². The number of halogens is 2. The first-order valence-electron chi connectivity index (χ1n) is 16.2. The molecule has 4 aliphatic rings. The molecule has 47 heavy (non-hydrogen) atoms. The Labute approximate surface area is 289 Å². The van der Waals surface area contributed by atoms with Crippen LogP contribution >= 0.6 is 34.5 Å². The van der Waals surface area contributed by atoms with E-state index < -0.39 is 29.7 Å². The van der Waals surface area contributed by atoms with Gasteiger partial charge >= 0.3 is 11.9 Å². The summed E-state index contributed by atoms with van der Waals surface area (Å²) in [6.45, 7) is 2.43. The number of carbonyl (C=O) groups is 3. The number of benzene rings is 1. The smallest absolute Gasteiger partial charge is 0.335 e. The van der Waals surface area contributed by atoms with Crippen molar-refractivity contribution < 1.29 is 23.9 Å². The minimum Gasteiger partial charge on any atom is -0.469 e. The van der Waals surface area contributed by atoms with E-state index in [-0.39, 0.29) is 27.2 Å². The number of esters is 2. The van der Waals surface area contributed by atoms with Crippen molar-refractivity contribution in [2.75, 3.05) is 47.4 Å². The van der Waals surface area contributed by atoms with Crippen molar-refractivity contribution in [1.82, 2.24) is 19.7 Å². The topological polar surface area (TPSA) is 105 Å². The number of aliphatic imine (C=N–C) groups is 1. The minimum absolute atomic E-state index is 0.0342. The third-order valence-electron chi connectivity index (χ3n) is 10.7. The molecule has 0 N–H and O–H groups in total. The molecule has 1 aromatic heterocycles. The van der Waals surface area contributed by atoms with E-state index in [1.54, 1.807) is 24.4 Å². The lowest BCUT2D eigenvalue weighted by Gasteiger charge is -2.52. The lowest BCUT2D eigenvalue weighted by Crippen LogP contribution is -2.64. The van der Waals surface area contributed by atoms with E-state index in [2.05, 4.69) is 26.8 Å². The monoisotopic (exact) mass is 701 g/mol. The normalized spacial score (nSPS) is 27.2. The number of amides is 1. The zero-order chi connectivity index (χ0) is 33.3. The molecule has 4 aliphatic heterocycles. The molecule has 3 saturated heterocycles. The van der Waals surface area contributed by atoms with E-state index in [4.69, 9.17) is 32.7 Å². The quantitative estimate of drug-likeness (QED) is 0.329. The highest BCUT2D eigenvalue weighted by atomic mass is 35.5. The van der Waals surface area contributed by atoms with Crippen molar-refractivity contribution in [2.24, 2.45) is 16.8 Å². The molecule has 2 aromatic rings. The van der Waals surface area contributed by atoms with Crippen LogP contribution in [0.3, 0.4) is 0 Å². The van der Waals surface area contributed by atoms with Crippen LogP contribution in [0.4, 0.5) is 0 Å². The third-order valence-corrected chi connectivity index (χ3v) is 12.2. The second-order valence-electron chi connectivity index (χ2n) is 12.7. The van der Waals surface area contributed by atoms with E-state index in [9.17, 15) is 14.4 Å². The Balaban J connectivity index is 1.39. The maximum atomic E-state index is 15.0. The average Bonchev–Trinajstić information content (AvgIpc) is 3.65. The van der Waals surface area contributed by atoms with Gasteiger partial charge in [0.15, 0.2) is 0 Å². The van der Waals surface area contributed by atoms with Gasteiger partial charge in [-0.2, -0.15) is 0 Å². The highest BCUT2D eigenvalue weighted by Gasteiger charge is 2.52. The van der Waals surface area contributed by atoms with Gasteiger partial charge in [-0.05, 0) is 57.7 Å². The van der Waals surface area contributed by atoms with Gasteiger partial charge in [0, 0.05) is 78.0 Å². The summed E-state index contributed by atoms with van der Waals surface area (Å²) in [6, 6.07) is 5.67. The minimum atomic E-state index is -1.09. The first-order valence-corrected chi connectivity index (χ1v) is 17.9. The van der Waals surface area contributed by atoms with E-state index in [1.807, 2.05) is 10.3 Å². The lowest BCUT2D eigenvalue weighted by molar-refractivity contribution is -0.146. The maximum absolute atomic E-state index is 15.0. The number of hydrogen-bond acceptors (Lipinski definition) is 10. The maximum Gasteiger partial charge on any atom is 0.335 e. The molecule has 1 aromatic carbocycles. The molecule has 5 unspecified atom stereocenters. The van der Waals surface area contributed by atoms with Gasteiger partial charge in [-0.15, -0.1) is 11.3 Å². The molecule has 13 heteroatoms. The average molecular weight is 703 g/mol. The Morgan fingerprint density at radius 3 is 2.45 bits per heavy atom. The fourth-order valence-corrected chi connectivity index (χ4v) is 9.55. The number of methoxy groups -OCH3 is 2. The van der Waals surface area contributed by atoms with Crippen LogP contribution in [0, 0.1) is 11.8 Å². The third kappa shape index (κ3) is 6.37. The molecular formula is C34H41Cl2N5O5S. The second kappa shape index (κ2) is 14.3. The zero-order valence-electron chi connectivity index (χ0n) is 27.0. The Kier molecular flexibility index (Phi) is 10.4. The molecule has 252 valence electrons. The molecular weight excluding hydrogens is 661 g/mol. The van der Waals surface area contributed by atoms with Crippen molar-refractivity contribution in [3.8, 4) is 0 Å². The summed E-state index contributed by atoms with van der Waals surface area (Å²) in [7, 11) is 4.80. The number of fused-ring (bicyclic) bond motifs is 2. The van der Waals surface area contributed by atoms with Crippen molar-refractivity contribution in [3.05, 3.63) is 61.7 Å². The van der Waals surface area contributed by atoms with Crippen molar-refractivity contribution in [2.45, 2.75) is 62.6 Å². The van der Waals surface area contributed by atoms with Gasteiger partial charge in [-0.1, -0.05) is 29.3 Å². The lowest BCUT2D eigenvalue weighted by atomic mass is 9.71. The first kappa shape index (κ1) is 34.0. The Morgan fingerprint density at radius 1 is 1.04 bits per heavy atom. The van der Waals surface area contributed by atoms with Crippen LogP contribution in [0.1, 0.15) is 55.0 Å². The number of piperidine rings is 1. The number of rotatable bonds is 9. The van der Waals surface area contributed by atoms with E-state index >= 15 is 0 Å². The van der Waals surface area contributed by atoms with Gasteiger partial charge in [0.2, 0.25) is 5.91 Å². The summed E-state index contributed by atoms with van der Waals surface area (Å²) in [5, 5.41) is 3.30. The van der Waals surface area contributed by atoms with Crippen molar-refractivity contribution >= 4 is 58.6 Å². The summed E-state index contributed by atoms with van der Waals surface area (Å²) >= 11 is 15.2. The summed E-state index contributed by atoms with van der Waals surface area (Å²) in [6.07, 6.45) is 10.0. The summed E-state index contributed by atoms with van der Waals surface area (Å²) in [5.74, 6) is -4.73. The number of ether oxygens (including phenoxy) is 2. The highest BCUT2D eigenvalue weighted by molar-refractivity contribution is 7.09. The molecule has 10 nitrogen and oxygen atoms in total. The molecule has 0 saturated carbocycles. The van der Waals surface area contributed by atoms with E-state index in [0.717, 1.165) is 30.9 Å². The number of carbonyl (C=O) groups excluding carboxylic acids is 3. The molecule has 0 aliphatic carbocycles. The van der Waals surface area contributed by atoms with Crippen LogP contribution in [0.25, 0.3) is 0 Å². The Hall–Kier alpha value is -2.83. The van der Waals surface area contributed by atoms with Crippen LogP contribution < -0.4 is 0 Å². The fraction of sp³-hybridized carbons (Fsp3) is 0.559. The molecule has 1 amide bonds. The van der Waals surface area contributed by atoms with E-state index in [0.29, 0.717) is 43.2 Å². The predicted molar refractivity (Wildman–Crippen MR) is 182 cm³/mol.